The van der Waals surface area contributed by atoms with E-state index in [2.05, 4.69) is 9.89 Å². The van der Waals surface area contributed by atoms with E-state index in [4.69, 9.17) is 21.5 Å². The normalized spacial score (nSPS) is 11.7. The van der Waals surface area contributed by atoms with Crippen LogP contribution in [0.25, 0.3) is 0 Å². The van der Waals surface area contributed by atoms with E-state index in [-0.39, 0.29) is 23.3 Å². The zero-order chi connectivity index (χ0) is 12.8. The third-order valence-corrected chi connectivity index (χ3v) is 2.08. The number of nitrogens with zero attached hydrogens (tertiary/aromatic N) is 1. The number of halogens is 3. The number of hydrogen-bond donors (Lipinski definition) is 1. The first-order chi connectivity index (χ1) is 8.08. The Morgan fingerprint density at radius 1 is 1.47 bits per heavy atom. The Balaban J connectivity index is 3.07. The van der Waals surface area contributed by atoms with Crippen molar-refractivity contribution < 1.29 is 23.5 Å². The van der Waals surface area contributed by atoms with Crippen LogP contribution in [0.15, 0.2) is 23.4 Å². The molecule has 1 N–H and O–H groups in total. The van der Waals surface area contributed by atoms with Gasteiger partial charge in [-0.15, -0.1) is 0 Å². The summed E-state index contributed by atoms with van der Waals surface area (Å²) >= 11 is 5.58. The quantitative estimate of drug-likeness (QED) is 0.506. The Morgan fingerprint density at radius 3 is 2.71 bits per heavy atom. The van der Waals surface area contributed by atoms with Crippen molar-refractivity contribution in [2.45, 2.75) is 13.5 Å². The molecule has 1 aromatic carbocycles. The SMILES string of the molecule is CCOc1cc(/C(Cl)=N/O)ccc1OC(F)F. The third-order valence-electron chi connectivity index (χ3n) is 1.79. The van der Waals surface area contributed by atoms with Crippen LogP contribution in [-0.4, -0.2) is 23.6 Å². The van der Waals surface area contributed by atoms with Crippen molar-refractivity contribution in [1.82, 2.24) is 0 Å². The van der Waals surface area contributed by atoms with E-state index in [1.165, 1.54) is 18.2 Å². The predicted molar refractivity (Wildman–Crippen MR) is 58.4 cm³/mol. The third kappa shape index (κ3) is 3.74. The van der Waals surface area contributed by atoms with Gasteiger partial charge in [-0.2, -0.15) is 8.78 Å². The van der Waals surface area contributed by atoms with Crippen molar-refractivity contribution in [3.8, 4) is 11.5 Å². The fraction of sp³-hybridized carbons (Fsp3) is 0.300. The summed E-state index contributed by atoms with van der Waals surface area (Å²) in [6.07, 6.45) is 0. The molecule has 4 nitrogen and oxygen atoms in total. The molecule has 1 rings (SSSR count). The Bertz CT molecular complexity index is 413. The van der Waals surface area contributed by atoms with Gasteiger partial charge in [0.05, 0.1) is 6.61 Å². The lowest BCUT2D eigenvalue weighted by atomic mass is 10.2. The van der Waals surface area contributed by atoms with Gasteiger partial charge in [0, 0.05) is 5.56 Å². The Labute approximate surface area is 101 Å². The van der Waals surface area contributed by atoms with Gasteiger partial charge in [0.25, 0.3) is 0 Å². The maximum Gasteiger partial charge on any atom is 0.387 e. The van der Waals surface area contributed by atoms with Gasteiger partial charge in [-0.3, -0.25) is 0 Å². The smallest absolute Gasteiger partial charge is 0.387 e. The molecule has 0 heterocycles. The molecule has 0 aromatic heterocycles. The minimum Gasteiger partial charge on any atom is -0.490 e. The highest BCUT2D eigenvalue weighted by Gasteiger charge is 2.13. The van der Waals surface area contributed by atoms with Gasteiger partial charge in [-0.25, -0.2) is 0 Å². The fourth-order valence-electron chi connectivity index (χ4n) is 1.16. The topological polar surface area (TPSA) is 51.0 Å². The van der Waals surface area contributed by atoms with Crippen molar-refractivity contribution >= 4 is 16.8 Å². The zero-order valence-corrected chi connectivity index (χ0v) is 9.62. The van der Waals surface area contributed by atoms with Crippen LogP contribution in [0.5, 0.6) is 11.5 Å². The average Bonchev–Trinajstić information content (AvgIpc) is 2.30. The van der Waals surface area contributed by atoms with Crippen molar-refractivity contribution in [1.29, 1.82) is 0 Å². The minimum atomic E-state index is -2.94. The van der Waals surface area contributed by atoms with Gasteiger partial charge in [0.1, 0.15) is 0 Å². The molecule has 7 heteroatoms. The second-order valence-corrected chi connectivity index (χ2v) is 3.22. The number of benzene rings is 1. The molecule has 0 saturated carbocycles. The second kappa shape index (κ2) is 6.24. The van der Waals surface area contributed by atoms with E-state index in [0.29, 0.717) is 5.56 Å². The van der Waals surface area contributed by atoms with Crippen LogP contribution >= 0.6 is 11.6 Å². The summed E-state index contributed by atoms with van der Waals surface area (Å²) in [7, 11) is 0. The lowest BCUT2D eigenvalue weighted by Gasteiger charge is -2.11. The molecule has 0 amide bonds. The summed E-state index contributed by atoms with van der Waals surface area (Å²) in [5.41, 5.74) is 0.333. The van der Waals surface area contributed by atoms with Crippen LogP contribution in [0.3, 0.4) is 0 Å². The molecule has 94 valence electrons. The Hall–Kier alpha value is -1.56. The molecule has 0 radical (unpaired) electrons. The molecule has 0 aliphatic carbocycles. The van der Waals surface area contributed by atoms with Gasteiger partial charge < -0.3 is 14.7 Å². The molecule has 0 atom stereocenters. The van der Waals surface area contributed by atoms with Crippen LogP contribution in [0.4, 0.5) is 8.78 Å². The van der Waals surface area contributed by atoms with Crippen molar-refractivity contribution in [3.05, 3.63) is 23.8 Å². The summed E-state index contributed by atoms with van der Waals surface area (Å²) in [6.45, 7) is -0.973. The minimum absolute atomic E-state index is 0.104. The standard InChI is InChI=1S/C10H10ClF2NO3/c1-2-16-8-5-6(9(11)14-15)3-4-7(8)17-10(12)13/h3-5,10,15H,2H2,1H3/b14-9-. The maximum absolute atomic E-state index is 12.1. The first-order valence-electron chi connectivity index (χ1n) is 4.68. The molecule has 0 saturated heterocycles. The van der Waals surface area contributed by atoms with Gasteiger partial charge >= 0.3 is 6.61 Å². The molecule has 0 unspecified atom stereocenters. The molecule has 0 fully saturated rings. The highest BCUT2D eigenvalue weighted by Crippen LogP contribution is 2.30. The zero-order valence-electron chi connectivity index (χ0n) is 8.86. The highest BCUT2D eigenvalue weighted by atomic mass is 35.5. The molecule has 0 bridgehead atoms. The monoisotopic (exact) mass is 265 g/mol. The summed E-state index contributed by atoms with van der Waals surface area (Å²) in [5.74, 6) is 0.0000986. The van der Waals surface area contributed by atoms with Gasteiger partial charge in [0.2, 0.25) is 0 Å². The van der Waals surface area contributed by atoms with Gasteiger partial charge in [0.15, 0.2) is 16.7 Å². The first kappa shape index (κ1) is 13.5. The largest absolute Gasteiger partial charge is 0.490 e. The molecule has 0 aliphatic rings. The molecule has 0 spiro atoms. The molecule has 1 aromatic rings. The summed E-state index contributed by atoms with van der Waals surface area (Å²) in [4.78, 5) is 0. The number of alkyl halides is 2. The number of hydrogen-bond acceptors (Lipinski definition) is 4. The van der Waals surface area contributed by atoms with E-state index < -0.39 is 6.61 Å². The lowest BCUT2D eigenvalue weighted by molar-refractivity contribution is -0.0514. The number of rotatable bonds is 5. The van der Waals surface area contributed by atoms with Crippen molar-refractivity contribution in [2.24, 2.45) is 5.16 Å². The van der Waals surface area contributed by atoms with Crippen LogP contribution in [0.2, 0.25) is 0 Å². The molecule has 0 aliphatic heterocycles. The van der Waals surface area contributed by atoms with Crippen molar-refractivity contribution in [3.63, 3.8) is 0 Å². The van der Waals surface area contributed by atoms with E-state index in [9.17, 15) is 8.78 Å². The van der Waals surface area contributed by atoms with Gasteiger partial charge in [-0.1, -0.05) is 16.8 Å². The molecule has 17 heavy (non-hydrogen) atoms. The van der Waals surface area contributed by atoms with Crippen LogP contribution < -0.4 is 9.47 Å². The second-order valence-electron chi connectivity index (χ2n) is 2.86. The average molecular weight is 266 g/mol. The Morgan fingerprint density at radius 2 is 2.18 bits per heavy atom. The summed E-state index contributed by atoms with van der Waals surface area (Å²) in [6, 6.07) is 3.99. The molecular formula is C10H10ClF2NO3. The van der Waals surface area contributed by atoms with Crippen LogP contribution in [0, 0.1) is 0 Å². The number of oxime groups is 1. The van der Waals surface area contributed by atoms with Crippen molar-refractivity contribution in [2.75, 3.05) is 6.61 Å². The van der Waals surface area contributed by atoms with E-state index in [1.54, 1.807) is 6.92 Å². The van der Waals surface area contributed by atoms with Crippen LogP contribution in [-0.2, 0) is 0 Å². The van der Waals surface area contributed by atoms with E-state index >= 15 is 0 Å². The summed E-state index contributed by atoms with van der Waals surface area (Å²) < 4.78 is 33.6. The number of ether oxygens (including phenoxy) is 2. The fourth-order valence-corrected chi connectivity index (χ4v) is 1.27. The lowest BCUT2D eigenvalue weighted by Crippen LogP contribution is -2.05. The Kier molecular flexibility index (Phi) is 4.96. The highest BCUT2D eigenvalue weighted by molar-refractivity contribution is 6.69. The van der Waals surface area contributed by atoms with E-state index in [0.717, 1.165) is 0 Å². The predicted octanol–water partition coefficient (Wildman–Crippen LogP) is 3.06. The first-order valence-corrected chi connectivity index (χ1v) is 5.05. The molecular weight excluding hydrogens is 256 g/mol. The maximum atomic E-state index is 12.1. The van der Waals surface area contributed by atoms with Gasteiger partial charge in [-0.05, 0) is 25.1 Å². The van der Waals surface area contributed by atoms with E-state index in [1.807, 2.05) is 0 Å². The summed E-state index contributed by atoms with van der Waals surface area (Å²) in [5, 5.41) is 11.1. The van der Waals surface area contributed by atoms with Crippen LogP contribution in [0.1, 0.15) is 12.5 Å².